The Hall–Kier alpha value is -2.57. The quantitative estimate of drug-likeness (QED) is 0.761. The number of aryl methyl sites for hydroxylation is 1. The molecule has 2 aromatic carbocycles. The Bertz CT molecular complexity index is 902. The molecule has 0 radical (unpaired) electrons. The number of piperazine rings is 1. The zero-order valence-corrected chi connectivity index (χ0v) is 17.7. The summed E-state index contributed by atoms with van der Waals surface area (Å²) < 4.78 is 13.5. The van der Waals surface area contributed by atoms with Crippen LogP contribution in [0, 0.1) is 12.7 Å². The standard InChI is InChI=1S/C24H29FN4O/c1-3-27-12-14-28(15-13-27)17-24(30)29-23(20-8-10-21(25)11-9-20)16-22(26-29)19-6-4-18(2)5-7-19/h4-11,23H,3,12-17H2,1-2H3. The highest BCUT2D eigenvalue weighted by Crippen LogP contribution is 2.33. The predicted molar refractivity (Wildman–Crippen MR) is 117 cm³/mol. The number of hydrogen-bond donors (Lipinski definition) is 0. The van der Waals surface area contributed by atoms with Crippen molar-refractivity contribution in [3.8, 4) is 0 Å². The highest BCUT2D eigenvalue weighted by atomic mass is 19.1. The van der Waals surface area contributed by atoms with Gasteiger partial charge in [-0.05, 0) is 36.7 Å². The first-order valence-electron chi connectivity index (χ1n) is 10.7. The third-order valence-corrected chi connectivity index (χ3v) is 6.08. The van der Waals surface area contributed by atoms with E-state index in [0.717, 1.165) is 49.6 Å². The van der Waals surface area contributed by atoms with Crippen LogP contribution in [0.15, 0.2) is 53.6 Å². The van der Waals surface area contributed by atoms with Crippen LogP contribution in [0.2, 0.25) is 0 Å². The van der Waals surface area contributed by atoms with Gasteiger partial charge in [-0.15, -0.1) is 0 Å². The summed E-state index contributed by atoms with van der Waals surface area (Å²) in [4.78, 5) is 17.8. The minimum atomic E-state index is -0.275. The fourth-order valence-electron chi connectivity index (χ4n) is 4.13. The van der Waals surface area contributed by atoms with Crippen LogP contribution in [-0.4, -0.2) is 65.7 Å². The van der Waals surface area contributed by atoms with Crippen molar-refractivity contribution >= 4 is 11.6 Å². The monoisotopic (exact) mass is 408 g/mol. The van der Waals surface area contributed by atoms with Crippen LogP contribution in [0.1, 0.15) is 36.1 Å². The molecular weight excluding hydrogens is 379 g/mol. The smallest absolute Gasteiger partial charge is 0.257 e. The maximum Gasteiger partial charge on any atom is 0.257 e. The van der Waals surface area contributed by atoms with Crippen LogP contribution in [0.4, 0.5) is 4.39 Å². The fourth-order valence-corrected chi connectivity index (χ4v) is 4.13. The van der Waals surface area contributed by atoms with E-state index in [4.69, 9.17) is 5.10 Å². The van der Waals surface area contributed by atoms with Crippen LogP contribution in [0.5, 0.6) is 0 Å². The van der Waals surface area contributed by atoms with Crippen molar-refractivity contribution in [1.82, 2.24) is 14.8 Å². The summed E-state index contributed by atoms with van der Waals surface area (Å²) in [6.07, 6.45) is 0.629. The van der Waals surface area contributed by atoms with E-state index in [1.54, 1.807) is 17.1 Å². The predicted octanol–water partition coefficient (Wildman–Crippen LogP) is 3.45. The maximum atomic E-state index is 13.5. The molecule has 0 aromatic heterocycles. The summed E-state index contributed by atoms with van der Waals surface area (Å²) in [6.45, 7) is 9.39. The van der Waals surface area contributed by atoms with Crippen molar-refractivity contribution in [3.05, 3.63) is 71.0 Å². The molecule has 2 heterocycles. The number of likely N-dealkylation sites (N-methyl/N-ethyl adjacent to an activating group) is 1. The molecule has 1 unspecified atom stereocenters. The van der Waals surface area contributed by atoms with E-state index in [1.807, 2.05) is 12.1 Å². The zero-order valence-electron chi connectivity index (χ0n) is 17.7. The molecule has 30 heavy (non-hydrogen) atoms. The summed E-state index contributed by atoms with van der Waals surface area (Å²) in [5.74, 6) is -0.278. The molecule has 2 aromatic rings. The molecule has 0 saturated carbocycles. The molecule has 5 nitrogen and oxygen atoms in total. The first-order chi connectivity index (χ1) is 14.5. The van der Waals surface area contributed by atoms with E-state index in [0.29, 0.717) is 13.0 Å². The molecule has 1 amide bonds. The second-order valence-electron chi connectivity index (χ2n) is 8.13. The van der Waals surface area contributed by atoms with Crippen molar-refractivity contribution in [3.63, 3.8) is 0 Å². The van der Waals surface area contributed by atoms with Gasteiger partial charge in [-0.3, -0.25) is 9.69 Å². The fraction of sp³-hybridized carbons (Fsp3) is 0.417. The number of carbonyl (C=O) groups excluding carboxylic acids is 1. The number of rotatable bonds is 5. The Balaban J connectivity index is 1.54. The van der Waals surface area contributed by atoms with Gasteiger partial charge in [-0.2, -0.15) is 5.10 Å². The van der Waals surface area contributed by atoms with Crippen molar-refractivity contribution in [1.29, 1.82) is 0 Å². The molecule has 0 N–H and O–H groups in total. The molecule has 4 rings (SSSR count). The van der Waals surface area contributed by atoms with Crippen molar-refractivity contribution in [2.24, 2.45) is 5.10 Å². The Morgan fingerprint density at radius 3 is 2.27 bits per heavy atom. The van der Waals surface area contributed by atoms with Crippen molar-refractivity contribution in [2.45, 2.75) is 26.3 Å². The summed E-state index contributed by atoms with van der Waals surface area (Å²) in [6, 6.07) is 14.4. The number of carbonyl (C=O) groups is 1. The van der Waals surface area contributed by atoms with Gasteiger partial charge in [0.15, 0.2) is 0 Å². The molecule has 1 fully saturated rings. The van der Waals surface area contributed by atoms with Gasteiger partial charge in [-0.25, -0.2) is 9.40 Å². The van der Waals surface area contributed by atoms with E-state index < -0.39 is 0 Å². The number of hydrazone groups is 1. The van der Waals surface area contributed by atoms with E-state index in [-0.39, 0.29) is 17.8 Å². The Labute approximate surface area is 177 Å². The minimum absolute atomic E-state index is 0.00335. The number of hydrogen-bond acceptors (Lipinski definition) is 4. The van der Waals surface area contributed by atoms with Crippen LogP contribution >= 0.6 is 0 Å². The molecule has 6 heteroatoms. The van der Waals surface area contributed by atoms with Gasteiger partial charge in [0.1, 0.15) is 5.82 Å². The average Bonchev–Trinajstić information content (AvgIpc) is 3.21. The van der Waals surface area contributed by atoms with Crippen molar-refractivity contribution < 1.29 is 9.18 Å². The molecular formula is C24H29FN4O. The maximum absolute atomic E-state index is 13.5. The molecule has 158 valence electrons. The number of nitrogens with zero attached hydrogens (tertiary/aromatic N) is 4. The topological polar surface area (TPSA) is 39.1 Å². The summed E-state index contributed by atoms with van der Waals surface area (Å²) in [5, 5.41) is 6.35. The second-order valence-corrected chi connectivity index (χ2v) is 8.13. The highest BCUT2D eigenvalue weighted by molar-refractivity contribution is 6.03. The number of halogens is 1. The van der Waals surface area contributed by atoms with Crippen LogP contribution in [0.25, 0.3) is 0 Å². The summed E-state index contributed by atoms with van der Waals surface area (Å²) >= 11 is 0. The van der Waals surface area contributed by atoms with Crippen LogP contribution in [-0.2, 0) is 4.79 Å². The second kappa shape index (κ2) is 9.06. The molecule has 2 aliphatic rings. The largest absolute Gasteiger partial charge is 0.301 e. The van der Waals surface area contributed by atoms with Gasteiger partial charge in [0, 0.05) is 32.6 Å². The Morgan fingerprint density at radius 1 is 1.00 bits per heavy atom. The Morgan fingerprint density at radius 2 is 1.63 bits per heavy atom. The van der Waals surface area contributed by atoms with E-state index in [9.17, 15) is 9.18 Å². The number of benzene rings is 2. The molecule has 1 atom stereocenters. The zero-order chi connectivity index (χ0) is 21.1. The van der Waals surface area contributed by atoms with Crippen LogP contribution in [0.3, 0.4) is 0 Å². The number of amides is 1. The SMILES string of the molecule is CCN1CCN(CC(=O)N2N=C(c3ccc(C)cc3)CC2c2ccc(F)cc2)CC1. The van der Waals surface area contributed by atoms with Gasteiger partial charge in [0.25, 0.3) is 5.91 Å². The van der Waals surface area contributed by atoms with E-state index in [1.165, 1.54) is 17.7 Å². The lowest BCUT2D eigenvalue weighted by Gasteiger charge is -2.34. The lowest BCUT2D eigenvalue weighted by atomic mass is 9.98. The molecule has 1 saturated heterocycles. The first kappa shape index (κ1) is 20.7. The van der Waals surface area contributed by atoms with E-state index >= 15 is 0 Å². The Kier molecular flexibility index (Phi) is 6.25. The summed E-state index contributed by atoms with van der Waals surface area (Å²) in [7, 11) is 0. The summed E-state index contributed by atoms with van der Waals surface area (Å²) in [5.41, 5.74) is 4.02. The normalized spacial score (nSPS) is 20.4. The first-order valence-corrected chi connectivity index (χ1v) is 10.7. The van der Waals surface area contributed by atoms with Gasteiger partial charge in [-0.1, -0.05) is 48.9 Å². The minimum Gasteiger partial charge on any atom is -0.301 e. The average molecular weight is 409 g/mol. The van der Waals surface area contributed by atoms with E-state index in [2.05, 4.69) is 35.8 Å². The lowest BCUT2D eigenvalue weighted by Crippen LogP contribution is -2.49. The molecule has 2 aliphatic heterocycles. The van der Waals surface area contributed by atoms with Gasteiger partial charge in [0.05, 0.1) is 18.3 Å². The highest BCUT2D eigenvalue weighted by Gasteiger charge is 2.34. The third kappa shape index (κ3) is 4.60. The van der Waals surface area contributed by atoms with Crippen LogP contribution < -0.4 is 0 Å². The van der Waals surface area contributed by atoms with Gasteiger partial charge >= 0.3 is 0 Å². The molecule has 0 aliphatic carbocycles. The molecule has 0 bridgehead atoms. The third-order valence-electron chi connectivity index (χ3n) is 6.08. The van der Waals surface area contributed by atoms with Gasteiger partial charge < -0.3 is 4.90 Å². The lowest BCUT2D eigenvalue weighted by molar-refractivity contribution is -0.134. The van der Waals surface area contributed by atoms with Crippen molar-refractivity contribution in [2.75, 3.05) is 39.3 Å². The molecule has 0 spiro atoms. The van der Waals surface area contributed by atoms with Gasteiger partial charge in [0.2, 0.25) is 0 Å².